The van der Waals surface area contributed by atoms with Gasteiger partial charge in [0.1, 0.15) is 11.9 Å². The van der Waals surface area contributed by atoms with Gasteiger partial charge >= 0.3 is 5.97 Å². The fourth-order valence-corrected chi connectivity index (χ4v) is 3.63. The SMILES string of the molecule is Cc1ccc(C(=O)N=c2sc3cc(F)cc(F)c3n2C(C)C(=O)O)cc1. The van der Waals surface area contributed by atoms with Gasteiger partial charge in [0.15, 0.2) is 10.6 Å². The van der Waals surface area contributed by atoms with Gasteiger partial charge in [-0.25, -0.2) is 13.6 Å². The van der Waals surface area contributed by atoms with Crippen LogP contribution >= 0.6 is 11.3 Å². The van der Waals surface area contributed by atoms with Gasteiger partial charge in [0.25, 0.3) is 5.91 Å². The minimum absolute atomic E-state index is 0.00928. The molecular weight excluding hydrogens is 362 g/mol. The number of amides is 1. The lowest BCUT2D eigenvalue weighted by atomic mass is 10.1. The number of carboxylic acid groups (broad SMARTS) is 1. The quantitative estimate of drug-likeness (QED) is 0.758. The Morgan fingerprint density at radius 2 is 1.85 bits per heavy atom. The third kappa shape index (κ3) is 3.28. The van der Waals surface area contributed by atoms with E-state index in [1.807, 2.05) is 6.92 Å². The zero-order valence-corrected chi connectivity index (χ0v) is 14.7. The number of carbonyl (C=O) groups is 2. The van der Waals surface area contributed by atoms with Crippen LogP contribution in [0.15, 0.2) is 41.4 Å². The van der Waals surface area contributed by atoms with E-state index in [4.69, 9.17) is 0 Å². The highest BCUT2D eigenvalue weighted by atomic mass is 32.1. The molecule has 0 aliphatic heterocycles. The summed E-state index contributed by atoms with van der Waals surface area (Å²) in [4.78, 5) is 27.8. The van der Waals surface area contributed by atoms with Crippen LogP contribution in [-0.2, 0) is 4.79 Å². The van der Waals surface area contributed by atoms with Crippen LogP contribution in [0.2, 0.25) is 0 Å². The number of aryl methyl sites for hydroxylation is 1. The van der Waals surface area contributed by atoms with Crippen LogP contribution in [-0.4, -0.2) is 21.6 Å². The van der Waals surface area contributed by atoms with Crippen LogP contribution in [0.5, 0.6) is 0 Å². The average molecular weight is 376 g/mol. The van der Waals surface area contributed by atoms with E-state index >= 15 is 0 Å². The Kier molecular flexibility index (Phi) is 4.69. The Balaban J connectivity index is 2.25. The summed E-state index contributed by atoms with van der Waals surface area (Å²) in [5, 5.41) is 9.33. The molecule has 1 amide bonds. The number of nitrogens with zero attached hydrogens (tertiary/aromatic N) is 2. The molecule has 26 heavy (non-hydrogen) atoms. The summed E-state index contributed by atoms with van der Waals surface area (Å²) in [5.41, 5.74) is 1.19. The lowest BCUT2D eigenvalue weighted by Gasteiger charge is -2.10. The molecule has 1 heterocycles. The van der Waals surface area contributed by atoms with E-state index < -0.39 is 29.6 Å². The van der Waals surface area contributed by atoms with Crippen molar-refractivity contribution < 1.29 is 23.5 Å². The number of fused-ring (bicyclic) bond motifs is 1. The highest BCUT2D eigenvalue weighted by molar-refractivity contribution is 7.16. The first-order valence-corrected chi connectivity index (χ1v) is 8.48. The number of hydrogen-bond donors (Lipinski definition) is 1. The van der Waals surface area contributed by atoms with Gasteiger partial charge in [-0.3, -0.25) is 9.36 Å². The van der Waals surface area contributed by atoms with Gasteiger partial charge in [-0.1, -0.05) is 29.0 Å². The zero-order chi connectivity index (χ0) is 19.0. The number of carbonyl (C=O) groups excluding carboxylic acids is 1. The van der Waals surface area contributed by atoms with Crippen LogP contribution < -0.4 is 4.80 Å². The van der Waals surface area contributed by atoms with Gasteiger partial charge in [-0.2, -0.15) is 4.99 Å². The third-order valence-electron chi connectivity index (χ3n) is 3.88. The summed E-state index contributed by atoms with van der Waals surface area (Å²) in [6, 6.07) is 7.26. The van der Waals surface area contributed by atoms with Crippen LogP contribution in [0.3, 0.4) is 0 Å². The molecule has 0 saturated carbocycles. The maximum atomic E-state index is 14.3. The summed E-state index contributed by atoms with van der Waals surface area (Å²) in [5.74, 6) is -3.52. The largest absolute Gasteiger partial charge is 0.480 e. The molecule has 0 bridgehead atoms. The standard InChI is InChI=1S/C18H14F2N2O3S/c1-9-3-5-11(6-4-9)16(23)21-18-22(10(2)17(24)25)15-13(20)7-12(19)8-14(15)26-18/h3-8,10H,1-2H3,(H,24,25). The first-order valence-electron chi connectivity index (χ1n) is 7.66. The number of benzene rings is 2. The number of aliphatic carboxylic acids is 1. The maximum absolute atomic E-state index is 14.3. The molecule has 1 atom stereocenters. The van der Waals surface area contributed by atoms with Crippen molar-refractivity contribution in [1.29, 1.82) is 0 Å². The van der Waals surface area contributed by atoms with Crippen LogP contribution in [0.4, 0.5) is 8.78 Å². The van der Waals surface area contributed by atoms with Crippen molar-refractivity contribution in [3.05, 3.63) is 64.0 Å². The molecule has 3 aromatic rings. The lowest BCUT2D eigenvalue weighted by Crippen LogP contribution is -2.26. The minimum atomic E-state index is -1.22. The van der Waals surface area contributed by atoms with Gasteiger partial charge in [0.05, 0.1) is 10.2 Å². The first-order chi connectivity index (χ1) is 12.3. The summed E-state index contributed by atoms with van der Waals surface area (Å²) in [6.07, 6.45) is 0. The molecule has 134 valence electrons. The molecule has 5 nitrogen and oxygen atoms in total. The average Bonchev–Trinajstić information content (AvgIpc) is 2.92. The molecular formula is C18H14F2N2O3S. The monoisotopic (exact) mass is 376 g/mol. The van der Waals surface area contributed by atoms with Crippen molar-refractivity contribution in [1.82, 2.24) is 4.57 Å². The molecule has 8 heteroatoms. The molecule has 1 N–H and O–H groups in total. The number of thiazole rings is 1. The van der Waals surface area contributed by atoms with Gasteiger partial charge in [-0.05, 0) is 32.0 Å². The van der Waals surface area contributed by atoms with Gasteiger partial charge in [0, 0.05) is 11.6 Å². The lowest BCUT2D eigenvalue weighted by molar-refractivity contribution is -0.140. The van der Waals surface area contributed by atoms with Gasteiger partial charge in [0.2, 0.25) is 0 Å². The second kappa shape index (κ2) is 6.80. The van der Waals surface area contributed by atoms with E-state index in [1.165, 1.54) is 6.92 Å². The van der Waals surface area contributed by atoms with Crippen molar-refractivity contribution in [2.45, 2.75) is 19.9 Å². The van der Waals surface area contributed by atoms with Crippen molar-refractivity contribution in [3.8, 4) is 0 Å². The molecule has 0 radical (unpaired) electrons. The molecule has 1 unspecified atom stereocenters. The van der Waals surface area contributed by atoms with E-state index in [0.29, 0.717) is 11.6 Å². The Labute approximate surface area is 150 Å². The van der Waals surface area contributed by atoms with Crippen molar-refractivity contribution in [3.63, 3.8) is 0 Å². The van der Waals surface area contributed by atoms with E-state index in [0.717, 1.165) is 27.5 Å². The van der Waals surface area contributed by atoms with E-state index in [1.54, 1.807) is 24.3 Å². The van der Waals surface area contributed by atoms with Gasteiger partial charge in [-0.15, -0.1) is 0 Å². The topological polar surface area (TPSA) is 71.7 Å². The zero-order valence-electron chi connectivity index (χ0n) is 13.9. The summed E-state index contributed by atoms with van der Waals surface area (Å²) in [7, 11) is 0. The second-order valence-electron chi connectivity index (χ2n) is 5.79. The summed E-state index contributed by atoms with van der Waals surface area (Å²) >= 11 is 0.856. The molecule has 0 spiro atoms. The fourth-order valence-electron chi connectivity index (χ4n) is 2.49. The number of rotatable bonds is 3. The Bertz CT molecular complexity index is 1080. The molecule has 3 rings (SSSR count). The summed E-state index contributed by atoms with van der Waals surface area (Å²) < 4.78 is 29.1. The third-order valence-corrected chi connectivity index (χ3v) is 4.88. The molecule has 0 aliphatic carbocycles. The smallest absolute Gasteiger partial charge is 0.326 e. The highest BCUT2D eigenvalue weighted by Crippen LogP contribution is 2.25. The molecule has 0 aliphatic rings. The molecule has 2 aromatic carbocycles. The normalized spacial score (nSPS) is 13.2. The number of halogens is 2. The van der Waals surface area contributed by atoms with E-state index in [2.05, 4.69) is 4.99 Å². The summed E-state index contributed by atoms with van der Waals surface area (Å²) in [6.45, 7) is 3.21. The van der Waals surface area contributed by atoms with Crippen LogP contribution in [0, 0.1) is 18.6 Å². The predicted octanol–water partition coefficient (Wildman–Crippen LogP) is 3.68. The van der Waals surface area contributed by atoms with E-state index in [-0.39, 0.29) is 15.0 Å². The minimum Gasteiger partial charge on any atom is -0.480 e. The number of carboxylic acids is 1. The predicted molar refractivity (Wildman–Crippen MR) is 93.2 cm³/mol. The van der Waals surface area contributed by atoms with Gasteiger partial charge < -0.3 is 5.11 Å². The van der Waals surface area contributed by atoms with Crippen molar-refractivity contribution in [2.75, 3.05) is 0 Å². The second-order valence-corrected chi connectivity index (χ2v) is 6.80. The van der Waals surface area contributed by atoms with Crippen LogP contribution in [0.1, 0.15) is 28.9 Å². The molecule has 0 saturated heterocycles. The van der Waals surface area contributed by atoms with Crippen LogP contribution in [0.25, 0.3) is 10.2 Å². The highest BCUT2D eigenvalue weighted by Gasteiger charge is 2.22. The Morgan fingerprint density at radius 1 is 1.19 bits per heavy atom. The number of hydrogen-bond acceptors (Lipinski definition) is 3. The number of aromatic nitrogens is 1. The molecule has 0 fully saturated rings. The Morgan fingerprint density at radius 3 is 2.46 bits per heavy atom. The van der Waals surface area contributed by atoms with E-state index in [9.17, 15) is 23.5 Å². The molecule has 1 aromatic heterocycles. The fraction of sp³-hybridized carbons (Fsp3) is 0.167. The van der Waals surface area contributed by atoms with Crippen molar-refractivity contribution >= 4 is 33.4 Å². The maximum Gasteiger partial charge on any atom is 0.326 e. The first kappa shape index (κ1) is 17.9. The van der Waals surface area contributed by atoms with Crippen molar-refractivity contribution in [2.24, 2.45) is 4.99 Å². The Hall–Kier alpha value is -2.87.